The van der Waals surface area contributed by atoms with Crippen LogP contribution in [-0.2, 0) is 12.8 Å². The summed E-state index contributed by atoms with van der Waals surface area (Å²) in [5.74, 6) is 3.72. The maximum absolute atomic E-state index is 5.25. The molecule has 0 saturated carbocycles. The summed E-state index contributed by atoms with van der Waals surface area (Å²) < 4.78 is 10.5. The minimum Gasteiger partial charge on any atom is -0.497 e. The topological polar surface area (TPSA) is 75.8 Å². The van der Waals surface area contributed by atoms with E-state index in [2.05, 4.69) is 19.9 Å². The minimum atomic E-state index is 0.842. The van der Waals surface area contributed by atoms with Crippen LogP contribution in [0.3, 0.4) is 0 Å². The van der Waals surface area contributed by atoms with Crippen molar-refractivity contribution in [3.8, 4) is 11.5 Å². The van der Waals surface area contributed by atoms with Gasteiger partial charge in [0.05, 0.1) is 36.3 Å². The molecule has 2 aromatic carbocycles. The molecular formula is C20H22N4O2. The van der Waals surface area contributed by atoms with Gasteiger partial charge in [-0.15, -0.1) is 0 Å². The van der Waals surface area contributed by atoms with Crippen molar-refractivity contribution in [3.05, 3.63) is 48.0 Å². The molecule has 2 heterocycles. The second-order valence-corrected chi connectivity index (χ2v) is 6.34. The fraction of sp³-hybridized carbons (Fsp3) is 0.300. The van der Waals surface area contributed by atoms with Gasteiger partial charge in [-0.05, 0) is 37.1 Å². The average Bonchev–Trinajstić information content (AvgIpc) is 3.26. The number of aromatic nitrogens is 4. The van der Waals surface area contributed by atoms with Gasteiger partial charge in [0.2, 0.25) is 0 Å². The summed E-state index contributed by atoms with van der Waals surface area (Å²) in [6, 6.07) is 11.8. The molecule has 0 aliphatic rings. The summed E-state index contributed by atoms with van der Waals surface area (Å²) in [7, 11) is 3.35. The Morgan fingerprint density at radius 1 is 0.731 bits per heavy atom. The van der Waals surface area contributed by atoms with Crippen molar-refractivity contribution in [2.45, 2.75) is 25.7 Å². The van der Waals surface area contributed by atoms with E-state index in [1.165, 1.54) is 0 Å². The first kappa shape index (κ1) is 16.4. The Labute approximate surface area is 151 Å². The number of nitrogens with zero attached hydrogens (tertiary/aromatic N) is 2. The van der Waals surface area contributed by atoms with Gasteiger partial charge in [-0.1, -0.05) is 0 Å². The molecule has 0 unspecified atom stereocenters. The molecule has 2 N–H and O–H groups in total. The molecule has 4 aromatic rings. The molecule has 4 rings (SSSR count). The highest BCUT2D eigenvalue weighted by Gasteiger charge is 2.06. The van der Waals surface area contributed by atoms with Crippen LogP contribution in [0.25, 0.3) is 22.1 Å². The van der Waals surface area contributed by atoms with Crippen LogP contribution in [0.15, 0.2) is 36.4 Å². The number of benzene rings is 2. The normalized spacial score (nSPS) is 11.3. The fourth-order valence-electron chi connectivity index (χ4n) is 3.16. The zero-order valence-corrected chi connectivity index (χ0v) is 15.0. The summed E-state index contributed by atoms with van der Waals surface area (Å²) in [4.78, 5) is 16.0. The molecule has 0 bridgehead atoms. The lowest BCUT2D eigenvalue weighted by molar-refractivity contribution is 0.415. The molecule has 0 spiro atoms. The predicted octanol–water partition coefficient (Wildman–Crippen LogP) is 4.02. The van der Waals surface area contributed by atoms with E-state index >= 15 is 0 Å². The van der Waals surface area contributed by atoms with E-state index in [4.69, 9.17) is 9.47 Å². The van der Waals surface area contributed by atoms with Gasteiger partial charge >= 0.3 is 0 Å². The van der Waals surface area contributed by atoms with Crippen LogP contribution in [0.2, 0.25) is 0 Å². The maximum atomic E-state index is 5.25. The number of hydrogen-bond donors (Lipinski definition) is 2. The lowest BCUT2D eigenvalue weighted by Crippen LogP contribution is -1.92. The first-order valence-electron chi connectivity index (χ1n) is 8.80. The first-order valence-corrected chi connectivity index (χ1v) is 8.80. The number of unbranched alkanes of at least 4 members (excludes halogenated alkanes) is 1. The Balaban J connectivity index is 1.35. The van der Waals surface area contributed by atoms with Gasteiger partial charge in [-0.3, -0.25) is 0 Å². The van der Waals surface area contributed by atoms with Gasteiger partial charge in [-0.2, -0.15) is 0 Å². The number of methoxy groups -OCH3 is 2. The van der Waals surface area contributed by atoms with Gasteiger partial charge in [0.15, 0.2) is 0 Å². The summed E-state index contributed by atoms with van der Waals surface area (Å²) in [5, 5.41) is 0. The van der Waals surface area contributed by atoms with E-state index in [-0.39, 0.29) is 0 Å². The third-order valence-corrected chi connectivity index (χ3v) is 4.55. The van der Waals surface area contributed by atoms with Crippen molar-refractivity contribution in [1.29, 1.82) is 0 Å². The molecule has 0 fully saturated rings. The monoisotopic (exact) mass is 350 g/mol. The van der Waals surface area contributed by atoms with Crippen molar-refractivity contribution < 1.29 is 9.47 Å². The molecule has 6 nitrogen and oxygen atoms in total. The van der Waals surface area contributed by atoms with Crippen LogP contribution in [-0.4, -0.2) is 34.2 Å². The zero-order chi connectivity index (χ0) is 17.9. The summed E-state index contributed by atoms with van der Waals surface area (Å²) in [6.45, 7) is 0. The molecule has 0 aliphatic heterocycles. The number of aryl methyl sites for hydroxylation is 2. The molecule has 0 amide bonds. The minimum absolute atomic E-state index is 0.842. The largest absolute Gasteiger partial charge is 0.497 e. The number of fused-ring (bicyclic) bond motifs is 2. The zero-order valence-electron chi connectivity index (χ0n) is 15.0. The molecular weight excluding hydrogens is 328 g/mol. The van der Waals surface area contributed by atoms with Crippen LogP contribution in [0, 0.1) is 0 Å². The molecule has 0 atom stereocenters. The van der Waals surface area contributed by atoms with Gasteiger partial charge < -0.3 is 19.4 Å². The Morgan fingerprint density at radius 2 is 1.19 bits per heavy atom. The van der Waals surface area contributed by atoms with Crippen LogP contribution >= 0.6 is 0 Å². The highest BCUT2D eigenvalue weighted by atomic mass is 16.5. The number of hydrogen-bond acceptors (Lipinski definition) is 4. The highest BCUT2D eigenvalue weighted by Crippen LogP contribution is 2.21. The van der Waals surface area contributed by atoms with Crippen molar-refractivity contribution in [1.82, 2.24) is 19.9 Å². The predicted molar refractivity (Wildman–Crippen MR) is 102 cm³/mol. The van der Waals surface area contributed by atoms with Gasteiger partial charge in [0.1, 0.15) is 23.1 Å². The first-order chi connectivity index (χ1) is 12.7. The van der Waals surface area contributed by atoms with E-state index in [1.807, 2.05) is 36.4 Å². The van der Waals surface area contributed by atoms with Crippen LogP contribution in [0.5, 0.6) is 11.5 Å². The summed E-state index contributed by atoms with van der Waals surface area (Å²) in [6.07, 6.45) is 3.95. The third kappa shape index (κ3) is 3.35. The lowest BCUT2D eigenvalue weighted by Gasteiger charge is -1.97. The standard InChI is InChI=1S/C20H22N4O2/c1-25-13-7-9-15-17(11-13)23-19(21-15)5-3-4-6-20-22-16-10-8-14(26-2)12-18(16)24-20/h7-12H,3-6H2,1-2H3,(H,21,23)(H,22,24). The fourth-order valence-corrected chi connectivity index (χ4v) is 3.16. The molecule has 134 valence electrons. The van der Waals surface area contributed by atoms with Crippen molar-refractivity contribution >= 4 is 22.1 Å². The van der Waals surface area contributed by atoms with Crippen molar-refractivity contribution in [2.24, 2.45) is 0 Å². The second-order valence-electron chi connectivity index (χ2n) is 6.34. The number of imidazole rings is 2. The van der Waals surface area contributed by atoms with E-state index in [1.54, 1.807) is 14.2 Å². The van der Waals surface area contributed by atoms with Crippen LogP contribution < -0.4 is 9.47 Å². The Morgan fingerprint density at radius 3 is 1.62 bits per heavy atom. The van der Waals surface area contributed by atoms with Gasteiger partial charge in [0, 0.05) is 25.0 Å². The molecule has 6 heteroatoms. The third-order valence-electron chi connectivity index (χ3n) is 4.55. The van der Waals surface area contributed by atoms with Crippen LogP contribution in [0.4, 0.5) is 0 Å². The Hall–Kier alpha value is -3.02. The lowest BCUT2D eigenvalue weighted by atomic mass is 10.2. The average molecular weight is 350 g/mol. The number of ether oxygens (including phenoxy) is 2. The van der Waals surface area contributed by atoms with E-state index in [0.717, 1.165) is 70.9 Å². The number of aromatic amines is 2. The molecule has 0 aliphatic carbocycles. The van der Waals surface area contributed by atoms with E-state index in [0.29, 0.717) is 0 Å². The number of H-pyrrole nitrogens is 2. The van der Waals surface area contributed by atoms with Crippen molar-refractivity contribution in [3.63, 3.8) is 0 Å². The van der Waals surface area contributed by atoms with E-state index in [9.17, 15) is 0 Å². The summed E-state index contributed by atoms with van der Waals surface area (Å²) in [5.41, 5.74) is 4.00. The molecule has 0 radical (unpaired) electrons. The highest BCUT2D eigenvalue weighted by molar-refractivity contribution is 5.77. The molecule has 0 saturated heterocycles. The van der Waals surface area contributed by atoms with Crippen molar-refractivity contribution in [2.75, 3.05) is 14.2 Å². The number of nitrogens with one attached hydrogen (secondary N) is 2. The van der Waals surface area contributed by atoms with E-state index < -0.39 is 0 Å². The SMILES string of the molecule is COc1ccc2nc(CCCCc3nc4ccc(OC)cc4[nH]3)[nH]c2c1. The quantitative estimate of drug-likeness (QED) is 0.494. The smallest absolute Gasteiger partial charge is 0.121 e. The van der Waals surface area contributed by atoms with Gasteiger partial charge in [0.25, 0.3) is 0 Å². The summed E-state index contributed by atoms with van der Waals surface area (Å²) >= 11 is 0. The Kier molecular flexibility index (Phi) is 4.48. The Bertz CT molecular complexity index is 951. The second kappa shape index (κ2) is 7.07. The molecule has 26 heavy (non-hydrogen) atoms. The number of rotatable bonds is 7. The molecule has 2 aromatic heterocycles. The van der Waals surface area contributed by atoms with Gasteiger partial charge in [-0.25, -0.2) is 9.97 Å². The maximum Gasteiger partial charge on any atom is 0.121 e. The van der Waals surface area contributed by atoms with Crippen LogP contribution in [0.1, 0.15) is 24.5 Å².